The van der Waals surface area contributed by atoms with Crippen molar-refractivity contribution < 1.29 is 19.1 Å². The fraction of sp³-hybridized carbons (Fsp3) is 0.333. The van der Waals surface area contributed by atoms with Gasteiger partial charge in [0.25, 0.3) is 5.91 Å². The number of aliphatic carboxylic acids is 1. The fourth-order valence-electron chi connectivity index (χ4n) is 2.14. The first kappa shape index (κ1) is 16.6. The molecule has 122 valence electrons. The van der Waals surface area contributed by atoms with Gasteiger partial charge in [-0.3, -0.25) is 9.59 Å². The molecule has 1 amide bonds. The first-order chi connectivity index (χ1) is 10.8. The first-order valence-corrected chi connectivity index (χ1v) is 7.01. The van der Waals surface area contributed by atoms with Crippen molar-refractivity contribution in [1.82, 2.24) is 19.9 Å². The Morgan fingerprint density at radius 1 is 1.39 bits per heavy atom. The zero-order chi connectivity index (χ0) is 17.1. The average molecular weight is 320 g/mol. The number of nitrogens with zero attached hydrogens (tertiary/aromatic N) is 4. The van der Waals surface area contributed by atoms with Crippen LogP contribution < -0.4 is 0 Å². The highest BCUT2D eigenvalue weighted by Crippen LogP contribution is 2.15. The van der Waals surface area contributed by atoms with E-state index in [4.69, 9.17) is 5.11 Å². The van der Waals surface area contributed by atoms with Gasteiger partial charge in [0.15, 0.2) is 5.69 Å². The molecular weight excluding hydrogens is 303 g/mol. The van der Waals surface area contributed by atoms with E-state index in [1.54, 1.807) is 20.8 Å². The third-order valence-corrected chi connectivity index (χ3v) is 3.31. The molecular formula is C15H17FN4O3. The van der Waals surface area contributed by atoms with Crippen LogP contribution in [0, 0.1) is 12.7 Å². The lowest BCUT2D eigenvalue weighted by Gasteiger charge is -2.23. The molecule has 0 saturated carbocycles. The summed E-state index contributed by atoms with van der Waals surface area (Å²) >= 11 is 0. The van der Waals surface area contributed by atoms with E-state index < -0.39 is 18.4 Å². The number of benzene rings is 1. The van der Waals surface area contributed by atoms with E-state index in [-0.39, 0.29) is 17.6 Å². The van der Waals surface area contributed by atoms with Crippen LogP contribution in [0.4, 0.5) is 4.39 Å². The van der Waals surface area contributed by atoms with Crippen molar-refractivity contribution in [2.75, 3.05) is 6.54 Å². The van der Waals surface area contributed by atoms with Gasteiger partial charge in [-0.1, -0.05) is 5.21 Å². The second kappa shape index (κ2) is 6.55. The third kappa shape index (κ3) is 3.71. The van der Waals surface area contributed by atoms with Crippen LogP contribution in [0.15, 0.2) is 24.4 Å². The number of halogens is 1. The average Bonchev–Trinajstić information content (AvgIpc) is 2.93. The molecule has 1 aromatic carbocycles. The van der Waals surface area contributed by atoms with E-state index in [9.17, 15) is 14.0 Å². The van der Waals surface area contributed by atoms with Crippen molar-refractivity contribution in [1.29, 1.82) is 0 Å². The Bertz CT molecular complexity index is 742. The number of carboxylic acid groups (broad SMARTS) is 1. The first-order valence-electron chi connectivity index (χ1n) is 7.01. The number of hydrogen-bond acceptors (Lipinski definition) is 4. The Morgan fingerprint density at radius 2 is 2.09 bits per heavy atom. The summed E-state index contributed by atoms with van der Waals surface area (Å²) in [6.45, 7) is 4.73. The summed E-state index contributed by atoms with van der Waals surface area (Å²) in [5.74, 6) is -1.99. The van der Waals surface area contributed by atoms with Gasteiger partial charge in [-0.05, 0) is 44.5 Å². The number of carboxylic acids is 1. The fourth-order valence-corrected chi connectivity index (χ4v) is 2.14. The summed E-state index contributed by atoms with van der Waals surface area (Å²) in [6, 6.07) is 3.88. The summed E-state index contributed by atoms with van der Waals surface area (Å²) in [5, 5.41) is 16.6. The Morgan fingerprint density at radius 3 is 2.65 bits per heavy atom. The van der Waals surface area contributed by atoms with Gasteiger partial charge in [0.05, 0.1) is 11.9 Å². The van der Waals surface area contributed by atoms with Crippen LogP contribution in [0.1, 0.15) is 29.9 Å². The minimum Gasteiger partial charge on any atom is -0.480 e. The van der Waals surface area contributed by atoms with Crippen molar-refractivity contribution in [3.05, 3.63) is 41.5 Å². The molecule has 1 N–H and O–H groups in total. The monoisotopic (exact) mass is 320 g/mol. The number of rotatable bonds is 5. The molecule has 2 aromatic rings. The maximum Gasteiger partial charge on any atom is 0.323 e. The largest absolute Gasteiger partial charge is 0.480 e. The SMILES string of the molecule is Cc1cc(F)ccc1-n1cc(C(=O)N(CC(=O)O)C(C)C)nn1. The molecule has 8 heteroatoms. The zero-order valence-corrected chi connectivity index (χ0v) is 13.0. The molecule has 0 atom stereocenters. The Labute approximate surface area is 132 Å². The van der Waals surface area contributed by atoms with Gasteiger partial charge in [-0.2, -0.15) is 0 Å². The molecule has 0 aliphatic heterocycles. The number of amides is 1. The Kier molecular flexibility index (Phi) is 4.73. The molecule has 23 heavy (non-hydrogen) atoms. The van der Waals surface area contributed by atoms with Crippen LogP contribution in [0.3, 0.4) is 0 Å². The van der Waals surface area contributed by atoms with Gasteiger partial charge in [-0.25, -0.2) is 9.07 Å². The quantitative estimate of drug-likeness (QED) is 0.905. The van der Waals surface area contributed by atoms with E-state index in [1.165, 1.54) is 34.0 Å². The number of carbonyl (C=O) groups is 2. The van der Waals surface area contributed by atoms with Gasteiger partial charge in [0.1, 0.15) is 12.4 Å². The molecule has 7 nitrogen and oxygen atoms in total. The number of carbonyl (C=O) groups excluding carboxylic acids is 1. The van der Waals surface area contributed by atoms with Crippen molar-refractivity contribution >= 4 is 11.9 Å². The highest BCUT2D eigenvalue weighted by atomic mass is 19.1. The standard InChI is InChI=1S/C15H17FN4O3/c1-9(2)19(8-14(21)22)15(23)12-7-20(18-17-12)13-5-4-11(16)6-10(13)3/h4-7,9H,8H2,1-3H3,(H,21,22). The molecule has 0 unspecified atom stereocenters. The summed E-state index contributed by atoms with van der Waals surface area (Å²) in [6.07, 6.45) is 1.40. The van der Waals surface area contributed by atoms with Gasteiger partial charge in [0, 0.05) is 6.04 Å². The van der Waals surface area contributed by atoms with Gasteiger partial charge in [0.2, 0.25) is 0 Å². The van der Waals surface area contributed by atoms with E-state index in [2.05, 4.69) is 10.3 Å². The number of aromatic nitrogens is 3. The molecule has 0 aliphatic rings. The maximum atomic E-state index is 13.2. The third-order valence-electron chi connectivity index (χ3n) is 3.31. The summed E-state index contributed by atoms with van der Waals surface area (Å²) in [5.41, 5.74) is 1.26. The van der Waals surface area contributed by atoms with Crippen LogP contribution in [-0.2, 0) is 4.79 Å². The summed E-state index contributed by atoms with van der Waals surface area (Å²) in [7, 11) is 0. The lowest BCUT2D eigenvalue weighted by atomic mass is 10.2. The molecule has 2 rings (SSSR count). The van der Waals surface area contributed by atoms with Crippen molar-refractivity contribution in [3.8, 4) is 5.69 Å². The van der Waals surface area contributed by atoms with Crippen molar-refractivity contribution in [2.45, 2.75) is 26.8 Å². The Balaban J connectivity index is 2.30. The van der Waals surface area contributed by atoms with Crippen LogP contribution >= 0.6 is 0 Å². The maximum absolute atomic E-state index is 13.2. The van der Waals surface area contributed by atoms with E-state index in [1.807, 2.05) is 0 Å². The van der Waals surface area contributed by atoms with Crippen molar-refractivity contribution in [2.24, 2.45) is 0 Å². The molecule has 0 aliphatic carbocycles. The van der Waals surface area contributed by atoms with Gasteiger partial charge >= 0.3 is 5.97 Å². The van der Waals surface area contributed by atoms with Gasteiger partial charge in [-0.15, -0.1) is 5.10 Å². The predicted molar refractivity (Wildman–Crippen MR) is 79.9 cm³/mol. The topological polar surface area (TPSA) is 88.3 Å². The number of hydrogen-bond donors (Lipinski definition) is 1. The van der Waals surface area contributed by atoms with E-state index in [0.717, 1.165) is 0 Å². The molecule has 0 fully saturated rings. The normalized spacial score (nSPS) is 10.8. The highest BCUT2D eigenvalue weighted by molar-refractivity contribution is 5.94. The predicted octanol–water partition coefficient (Wildman–Crippen LogP) is 1.65. The number of aryl methyl sites for hydroxylation is 1. The van der Waals surface area contributed by atoms with E-state index >= 15 is 0 Å². The van der Waals surface area contributed by atoms with Crippen LogP contribution in [-0.4, -0.2) is 49.5 Å². The van der Waals surface area contributed by atoms with Crippen LogP contribution in [0.25, 0.3) is 5.69 Å². The molecule has 0 saturated heterocycles. The molecule has 0 radical (unpaired) electrons. The second-order valence-electron chi connectivity index (χ2n) is 5.40. The van der Waals surface area contributed by atoms with Gasteiger partial charge < -0.3 is 10.0 Å². The summed E-state index contributed by atoms with van der Waals surface area (Å²) < 4.78 is 14.5. The second-order valence-corrected chi connectivity index (χ2v) is 5.40. The minimum absolute atomic E-state index is 0.0312. The zero-order valence-electron chi connectivity index (χ0n) is 13.0. The molecule has 1 heterocycles. The molecule has 1 aromatic heterocycles. The molecule has 0 bridgehead atoms. The minimum atomic E-state index is -1.10. The smallest absolute Gasteiger partial charge is 0.323 e. The highest BCUT2D eigenvalue weighted by Gasteiger charge is 2.24. The summed E-state index contributed by atoms with van der Waals surface area (Å²) in [4.78, 5) is 24.5. The lowest BCUT2D eigenvalue weighted by molar-refractivity contribution is -0.138. The Hall–Kier alpha value is -2.77. The van der Waals surface area contributed by atoms with Crippen LogP contribution in [0.5, 0.6) is 0 Å². The van der Waals surface area contributed by atoms with Crippen LogP contribution in [0.2, 0.25) is 0 Å². The lowest BCUT2D eigenvalue weighted by Crippen LogP contribution is -2.40. The molecule has 0 spiro atoms. The van der Waals surface area contributed by atoms with E-state index in [0.29, 0.717) is 11.3 Å². The van der Waals surface area contributed by atoms with Crippen molar-refractivity contribution in [3.63, 3.8) is 0 Å².